The monoisotopic (exact) mass is 536 g/mol. The zero-order chi connectivity index (χ0) is 21.1. The van der Waals surface area contributed by atoms with Crippen molar-refractivity contribution >= 4 is 37.8 Å². The number of aliphatic hydroxyl groups is 1. The van der Waals surface area contributed by atoms with Gasteiger partial charge in [-0.3, -0.25) is 0 Å². The molecule has 3 rings (SSSR count). The third kappa shape index (κ3) is 5.58. The molecule has 2 heterocycles. The van der Waals surface area contributed by atoms with Crippen molar-refractivity contribution in [3.8, 4) is 5.19 Å². The fourth-order valence-corrected chi connectivity index (χ4v) is 5.45. The molecule has 0 aliphatic carbocycles. The molecule has 0 atom stereocenters. The van der Waals surface area contributed by atoms with Crippen LogP contribution in [0.2, 0.25) is 0 Å². The topological polar surface area (TPSA) is 79.7 Å². The van der Waals surface area contributed by atoms with Gasteiger partial charge in [-0.15, -0.1) is 0 Å². The molecule has 0 saturated carbocycles. The van der Waals surface area contributed by atoms with Gasteiger partial charge in [-0.05, 0) is 19.4 Å². The van der Waals surface area contributed by atoms with E-state index in [1.54, 1.807) is 32.0 Å². The van der Waals surface area contributed by atoms with Crippen molar-refractivity contribution in [2.75, 3.05) is 17.5 Å². The summed E-state index contributed by atoms with van der Waals surface area (Å²) in [5.41, 5.74) is 0.842. The molecule has 0 amide bonds. The first kappa shape index (κ1) is 28.9. The number of halogens is 2. The summed E-state index contributed by atoms with van der Waals surface area (Å²) in [4.78, 5) is 3.67. The molecule has 0 unspecified atom stereocenters. The third-order valence-corrected chi connectivity index (χ3v) is 6.56. The van der Waals surface area contributed by atoms with Crippen molar-refractivity contribution in [3.05, 3.63) is 47.7 Å². The van der Waals surface area contributed by atoms with Crippen LogP contribution in [0.25, 0.3) is 10.7 Å². The number of fused-ring (bicyclic) bond motifs is 1. The smallest absolute Gasteiger partial charge is 0.275 e. The molecule has 2 aromatic rings. The Bertz CT molecular complexity index is 979. The maximum absolute atomic E-state index is 13.1. The summed E-state index contributed by atoms with van der Waals surface area (Å²) in [5, 5.41) is 10.8. The van der Waals surface area contributed by atoms with Gasteiger partial charge >= 0.3 is 0 Å². The minimum atomic E-state index is -4.43. The average molecular weight is 536 g/mol. The number of sulfonamides is 1. The van der Waals surface area contributed by atoms with Crippen molar-refractivity contribution in [1.82, 2.24) is 4.98 Å². The Kier molecular flexibility index (Phi) is 11.6. The van der Waals surface area contributed by atoms with Crippen LogP contribution in [0.3, 0.4) is 0 Å². The summed E-state index contributed by atoms with van der Waals surface area (Å²) in [7, 11) is -4.43. The van der Waals surface area contributed by atoms with Gasteiger partial charge in [0.05, 0.1) is 13.2 Å². The molecule has 30 heavy (non-hydrogen) atoms. The molecule has 1 N–H and O–H groups in total. The quantitative estimate of drug-likeness (QED) is 0.537. The predicted molar refractivity (Wildman–Crippen MR) is 114 cm³/mol. The normalized spacial score (nSPS) is 14.2. The number of anilines is 1. The molecule has 1 aliphatic heterocycles. The van der Waals surface area contributed by atoms with Crippen LogP contribution in [0.4, 0.5) is 14.6 Å². The first-order valence-electron chi connectivity index (χ1n) is 8.71. The summed E-state index contributed by atoms with van der Waals surface area (Å²) in [6.45, 7) is 6.59. The second kappa shape index (κ2) is 12.1. The number of hydrogen-bond donors (Lipinski definition) is 1. The summed E-state index contributed by atoms with van der Waals surface area (Å²) < 4.78 is 58.0. The molecule has 0 saturated heterocycles. The Hall–Kier alpha value is -1.10. The largest absolute Gasteiger partial charge is 0.505 e. The van der Waals surface area contributed by atoms with Gasteiger partial charge in [0.2, 0.25) is 0 Å². The summed E-state index contributed by atoms with van der Waals surface area (Å²) in [6, 6.07) is 6.53. The van der Waals surface area contributed by atoms with Crippen molar-refractivity contribution < 1.29 is 59.8 Å². The van der Waals surface area contributed by atoms with Gasteiger partial charge in [0.1, 0.15) is 9.78 Å². The minimum Gasteiger partial charge on any atom is -0.505 e. The third-order valence-electron chi connectivity index (χ3n) is 3.77. The fourth-order valence-electron chi connectivity index (χ4n) is 2.65. The average Bonchev–Trinajstić information content (AvgIpc) is 3.06. The van der Waals surface area contributed by atoms with E-state index >= 15 is 0 Å². The van der Waals surface area contributed by atoms with E-state index in [1.807, 2.05) is 13.8 Å². The van der Waals surface area contributed by atoms with Gasteiger partial charge < -0.3 is 17.3 Å². The molecule has 0 bridgehead atoms. The van der Waals surface area contributed by atoms with Gasteiger partial charge in [-0.1, -0.05) is 49.4 Å². The van der Waals surface area contributed by atoms with Crippen LogP contribution < -0.4 is 9.04 Å². The van der Waals surface area contributed by atoms with E-state index in [0.29, 0.717) is 9.87 Å². The Labute approximate surface area is 205 Å². The summed E-state index contributed by atoms with van der Waals surface area (Å²) in [5.74, 6) is -0.753. The number of ether oxygens (including phenoxy) is 1. The molecule has 1 radical (unpaired) electrons. The van der Waals surface area contributed by atoms with Crippen LogP contribution in [0.15, 0.2) is 24.3 Å². The number of nitrogens with zero attached hydrogens (tertiary/aromatic N) is 2. The van der Waals surface area contributed by atoms with Crippen LogP contribution in [-0.2, 0) is 42.7 Å². The fraction of sp³-hybridized carbons (Fsp3) is 0.368. The maximum atomic E-state index is 13.1. The van der Waals surface area contributed by atoms with Crippen LogP contribution in [0, 0.1) is 14.4 Å². The van der Waals surface area contributed by atoms with Crippen molar-refractivity contribution in [3.63, 3.8) is 0 Å². The zero-order valence-electron chi connectivity index (χ0n) is 17.5. The first-order valence-corrected chi connectivity index (χ1v) is 11.0. The van der Waals surface area contributed by atoms with Crippen LogP contribution in [0.1, 0.15) is 36.8 Å². The Balaban J connectivity index is 0.00000204. The predicted octanol–water partition coefficient (Wildman–Crippen LogP) is 5.12. The molecule has 165 valence electrons. The Morgan fingerprint density at radius 3 is 2.40 bits per heavy atom. The summed E-state index contributed by atoms with van der Waals surface area (Å²) >= 11 is 0.912. The number of hydrogen-bond acceptors (Lipinski definition) is 6. The van der Waals surface area contributed by atoms with Crippen LogP contribution in [-0.4, -0.2) is 38.1 Å². The standard InChI is InChI=1S/C16H16F2N2O4S2.C2H6.CH3.Y/c1-3-24-16-19-15-13(25-16)12(21)14(10-7-5-4-6-9(10)2)26(22,23)20(15)8-11(17)18;1-2;;/h4-7,11,21H,3,8H2,1-2H3;1-2H3;1H3;/q;;-1;. The molecule has 1 aromatic heterocycles. The second-order valence-electron chi connectivity index (χ2n) is 5.49. The van der Waals surface area contributed by atoms with E-state index in [1.165, 1.54) is 6.07 Å². The molecule has 0 spiro atoms. The van der Waals surface area contributed by atoms with Gasteiger partial charge in [0, 0.05) is 38.3 Å². The van der Waals surface area contributed by atoms with Gasteiger partial charge in [0.15, 0.2) is 11.6 Å². The molecule has 1 aliphatic rings. The number of aryl methyl sites for hydroxylation is 1. The summed E-state index contributed by atoms with van der Waals surface area (Å²) in [6.07, 6.45) is -2.91. The van der Waals surface area contributed by atoms with Gasteiger partial charge in [-0.25, -0.2) is 21.5 Å². The Morgan fingerprint density at radius 2 is 1.87 bits per heavy atom. The molecular formula is C19H25F2N2O4S2Y-. The van der Waals surface area contributed by atoms with Crippen molar-refractivity contribution in [2.24, 2.45) is 0 Å². The van der Waals surface area contributed by atoms with E-state index in [-0.39, 0.29) is 68.2 Å². The molecule has 11 heteroatoms. The van der Waals surface area contributed by atoms with E-state index < -0.39 is 33.7 Å². The number of thiazole rings is 1. The van der Waals surface area contributed by atoms with E-state index in [0.717, 1.165) is 11.3 Å². The van der Waals surface area contributed by atoms with Gasteiger partial charge in [-0.2, -0.15) is 4.98 Å². The van der Waals surface area contributed by atoms with Crippen LogP contribution in [0.5, 0.6) is 5.19 Å². The number of benzene rings is 1. The second-order valence-corrected chi connectivity index (χ2v) is 8.25. The molecule has 1 aromatic carbocycles. The number of aliphatic hydroxyl groups excluding tert-OH is 1. The SMILES string of the molecule is CC.CCOc1nc2c(s1)C(O)=C(c1ccccc1C)S(=O)(=O)N2CC(F)F.[CH3-].[Y]. The van der Waals surface area contributed by atoms with E-state index in [2.05, 4.69) is 4.98 Å². The van der Waals surface area contributed by atoms with Gasteiger partial charge in [0.25, 0.3) is 21.6 Å². The molecule has 0 fully saturated rings. The molecule has 6 nitrogen and oxygen atoms in total. The van der Waals surface area contributed by atoms with E-state index in [4.69, 9.17) is 4.74 Å². The minimum absolute atomic E-state index is 0. The number of rotatable bonds is 5. The maximum Gasteiger partial charge on any atom is 0.275 e. The van der Waals surface area contributed by atoms with Crippen molar-refractivity contribution in [1.29, 1.82) is 0 Å². The number of alkyl halides is 2. The zero-order valence-corrected chi connectivity index (χ0v) is 22.0. The van der Waals surface area contributed by atoms with E-state index in [9.17, 15) is 22.3 Å². The first-order chi connectivity index (χ1) is 13.3. The Morgan fingerprint density at radius 1 is 1.27 bits per heavy atom. The molecular weight excluding hydrogens is 511 g/mol. The van der Waals surface area contributed by atoms with Crippen molar-refractivity contribution in [2.45, 2.75) is 34.1 Å². The van der Waals surface area contributed by atoms with Crippen LogP contribution >= 0.6 is 11.3 Å². The number of aromatic nitrogens is 1.